The Labute approximate surface area is 143 Å². The van der Waals surface area contributed by atoms with Crippen LogP contribution < -0.4 is 15.6 Å². The first-order chi connectivity index (χ1) is 12.0. The number of carbonyl (C=O) groups excluding carboxylic acids is 1. The normalized spacial score (nSPS) is 11.0. The van der Waals surface area contributed by atoms with Gasteiger partial charge >= 0.3 is 6.01 Å². The van der Waals surface area contributed by atoms with Gasteiger partial charge in [0.2, 0.25) is 5.91 Å². The van der Waals surface area contributed by atoms with Crippen molar-refractivity contribution in [3.8, 4) is 6.01 Å². The van der Waals surface area contributed by atoms with E-state index in [4.69, 9.17) is 4.74 Å². The third kappa shape index (κ3) is 3.35. The van der Waals surface area contributed by atoms with E-state index in [0.29, 0.717) is 11.3 Å². The Balaban J connectivity index is 1.94. The summed E-state index contributed by atoms with van der Waals surface area (Å²) < 4.78 is 7.93. The molecule has 0 bridgehead atoms. The van der Waals surface area contributed by atoms with E-state index in [1.807, 2.05) is 20.0 Å². The highest BCUT2D eigenvalue weighted by atomic mass is 16.5. The molecule has 3 aromatic rings. The summed E-state index contributed by atoms with van der Waals surface area (Å²) >= 11 is 0. The third-order valence-electron chi connectivity index (χ3n) is 3.70. The van der Waals surface area contributed by atoms with Gasteiger partial charge in [0.05, 0.1) is 7.11 Å². The summed E-state index contributed by atoms with van der Waals surface area (Å²) in [7, 11) is 1.46. The fraction of sp³-hybridized carbons (Fsp3) is 0.312. The van der Waals surface area contributed by atoms with Gasteiger partial charge < -0.3 is 10.1 Å². The van der Waals surface area contributed by atoms with E-state index in [1.165, 1.54) is 19.6 Å². The lowest BCUT2D eigenvalue weighted by atomic mass is 10.1. The molecule has 25 heavy (non-hydrogen) atoms. The number of amides is 1. The second-order valence-electron chi connectivity index (χ2n) is 5.78. The van der Waals surface area contributed by atoms with Gasteiger partial charge in [-0.1, -0.05) is 13.8 Å². The van der Waals surface area contributed by atoms with Crippen molar-refractivity contribution in [2.24, 2.45) is 0 Å². The van der Waals surface area contributed by atoms with Crippen LogP contribution in [0.3, 0.4) is 0 Å². The molecule has 3 rings (SSSR count). The molecule has 3 aromatic heterocycles. The first-order valence-corrected chi connectivity index (χ1v) is 7.72. The van der Waals surface area contributed by atoms with Gasteiger partial charge in [0.25, 0.3) is 5.56 Å². The van der Waals surface area contributed by atoms with E-state index in [2.05, 4.69) is 20.4 Å². The Morgan fingerprint density at radius 2 is 2.20 bits per heavy atom. The number of ether oxygens (including phenoxy) is 1. The molecule has 130 valence electrons. The van der Waals surface area contributed by atoms with E-state index >= 15 is 0 Å². The van der Waals surface area contributed by atoms with Crippen LogP contribution in [0.5, 0.6) is 6.01 Å². The Morgan fingerprint density at radius 1 is 1.40 bits per heavy atom. The van der Waals surface area contributed by atoms with Gasteiger partial charge in [0.15, 0.2) is 0 Å². The fourth-order valence-electron chi connectivity index (χ4n) is 2.38. The van der Waals surface area contributed by atoms with Gasteiger partial charge in [-0.2, -0.15) is 0 Å². The Bertz CT molecular complexity index is 961. The molecule has 0 aromatic carbocycles. The predicted octanol–water partition coefficient (Wildman–Crippen LogP) is 1.06. The topological polar surface area (TPSA) is 103 Å². The molecule has 0 aliphatic heterocycles. The average Bonchev–Trinajstić information content (AvgIpc) is 3.04. The van der Waals surface area contributed by atoms with E-state index in [-0.39, 0.29) is 24.0 Å². The summed E-state index contributed by atoms with van der Waals surface area (Å²) in [6.07, 6.45) is 4.65. The molecule has 0 unspecified atom stereocenters. The highest BCUT2D eigenvalue weighted by Gasteiger charge is 2.16. The Hall–Kier alpha value is -3.23. The zero-order chi connectivity index (χ0) is 18.0. The third-order valence-corrected chi connectivity index (χ3v) is 3.70. The Kier molecular flexibility index (Phi) is 4.46. The van der Waals surface area contributed by atoms with Gasteiger partial charge in [-0.3, -0.25) is 14.0 Å². The monoisotopic (exact) mass is 342 g/mol. The lowest BCUT2D eigenvalue weighted by molar-refractivity contribution is -0.117. The smallest absolute Gasteiger partial charge is 0.318 e. The second-order valence-corrected chi connectivity index (χ2v) is 5.78. The quantitative estimate of drug-likeness (QED) is 0.743. The van der Waals surface area contributed by atoms with Crippen molar-refractivity contribution >= 4 is 17.2 Å². The number of rotatable bonds is 5. The zero-order valence-electron chi connectivity index (χ0n) is 14.1. The lowest BCUT2D eigenvalue weighted by Gasteiger charge is -2.09. The van der Waals surface area contributed by atoms with Crippen LogP contribution in [0, 0.1) is 0 Å². The van der Waals surface area contributed by atoms with Gasteiger partial charge in [-0.05, 0) is 23.6 Å². The number of anilines is 1. The number of fused-ring (bicyclic) bond motifs is 1. The number of nitrogens with one attached hydrogen (secondary N) is 1. The molecular weight excluding hydrogens is 324 g/mol. The molecule has 0 aliphatic carbocycles. The number of aromatic nitrogens is 5. The lowest BCUT2D eigenvalue weighted by Crippen LogP contribution is -2.31. The van der Waals surface area contributed by atoms with Crippen LogP contribution in [0.25, 0.3) is 5.52 Å². The SMILES string of the molecule is COc1nn(CC(=O)Nc2ccncn2)c(=O)c2cc(C(C)C)cn12. The van der Waals surface area contributed by atoms with E-state index in [1.54, 1.807) is 16.5 Å². The molecule has 3 heterocycles. The minimum absolute atomic E-state index is 0.233. The van der Waals surface area contributed by atoms with Crippen molar-refractivity contribution in [2.75, 3.05) is 12.4 Å². The number of methoxy groups -OCH3 is 1. The van der Waals surface area contributed by atoms with Crippen molar-refractivity contribution in [1.29, 1.82) is 0 Å². The maximum Gasteiger partial charge on any atom is 0.318 e. The molecule has 9 nitrogen and oxygen atoms in total. The molecular formula is C16H18N6O3. The van der Waals surface area contributed by atoms with Crippen molar-refractivity contribution in [2.45, 2.75) is 26.3 Å². The summed E-state index contributed by atoms with van der Waals surface area (Å²) in [4.78, 5) is 32.5. The minimum Gasteiger partial charge on any atom is -0.467 e. The first kappa shape index (κ1) is 16.6. The summed E-state index contributed by atoms with van der Waals surface area (Å²) in [5.74, 6) is 0.180. The molecule has 0 saturated heterocycles. The fourth-order valence-corrected chi connectivity index (χ4v) is 2.38. The molecule has 0 radical (unpaired) electrons. The number of hydrogen-bond donors (Lipinski definition) is 1. The van der Waals surface area contributed by atoms with Gasteiger partial charge in [-0.25, -0.2) is 14.6 Å². The highest BCUT2D eigenvalue weighted by molar-refractivity contribution is 5.89. The van der Waals surface area contributed by atoms with Crippen LogP contribution in [0.15, 0.2) is 35.6 Å². The highest BCUT2D eigenvalue weighted by Crippen LogP contribution is 2.19. The van der Waals surface area contributed by atoms with Crippen molar-refractivity contribution < 1.29 is 9.53 Å². The van der Waals surface area contributed by atoms with Crippen LogP contribution in [0.4, 0.5) is 5.82 Å². The van der Waals surface area contributed by atoms with Crippen LogP contribution >= 0.6 is 0 Å². The second kappa shape index (κ2) is 6.71. The van der Waals surface area contributed by atoms with Crippen molar-refractivity contribution in [1.82, 2.24) is 24.1 Å². The molecule has 0 atom stereocenters. The maximum atomic E-state index is 12.6. The van der Waals surface area contributed by atoms with E-state index in [0.717, 1.165) is 10.2 Å². The Morgan fingerprint density at radius 3 is 2.84 bits per heavy atom. The molecule has 0 spiro atoms. The van der Waals surface area contributed by atoms with E-state index in [9.17, 15) is 9.59 Å². The number of nitrogens with zero attached hydrogens (tertiary/aromatic N) is 5. The number of hydrogen-bond acceptors (Lipinski definition) is 6. The summed E-state index contributed by atoms with van der Waals surface area (Å²) in [5, 5.41) is 6.71. The number of carbonyl (C=O) groups is 1. The van der Waals surface area contributed by atoms with Crippen molar-refractivity contribution in [3.05, 3.63) is 46.8 Å². The van der Waals surface area contributed by atoms with E-state index < -0.39 is 5.91 Å². The summed E-state index contributed by atoms with van der Waals surface area (Å²) in [5.41, 5.74) is 1.02. The largest absolute Gasteiger partial charge is 0.467 e. The van der Waals surface area contributed by atoms with Crippen LogP contribution in [-0.2, 0) is 11.3 Å². The standard InChI is InChI=1S/C16H18N6O3/c1-10(2)11-6-12-15(24)22(20-16(25-3)21(12)7-11)8-14(23)19-13-4-5-17-9-18-13/h4-7,9-10H,8H2,1-3H3,(H,17,18,19,23). The van der Waals surface area contributed by atoms with Crippen LogP contribution in [0.2, 0.25) is 0 Å². The van der Waals surface area contributed by atoms with Crippen molar-refractivity contribution in [3.63, 3.8) is 0 Å². The van der Waals surface area contributed by atoms with Gasteiger partial charge in [0.1, 0.15) is 24.2 Å². The molecule has 1 N–H and O–H groups in total. The zero-order valence-corrected chi connectivity index (χ0v) is 14.1. The average molecular weight is 342 g/mol. The molecule has 0 fully saturated rings. The van der Waals surface area contributed by atoms with Crippen LogP contribution in [-0.4, -0.2) is 37.2 Å². The van der Waals surface area contributed by atoms with Gasteiger partial charge in [0, 0.05) is 12.4 Å². The molecule has 0 aliphatic rings. The van der Waals surface area contributed by atoms with Gasteiger partial charge in [-0.15, -0.1) is 5.10 Å². The summed E-state index contributed by atoms with van der Waals surface area (Å²) in [6.45, 7) is 3.81. The molecule has 0 saturated carbocycles. The predicted molar refractivity (Wildman–Crippen MR) is 90.8 cm³/mol. The molecule has 9 heteroatoms. The maximum absolute atomic E-state index is 12.6. The minimum atomic E-state index is -0.421. The molecule has 1 amide bonds. The first-order valence-electron chi connectivity index (χ1n) is 7.72. The summed E-state index contributed by atoms with van der Waals surface area (Å²) in [6, 6.07) is 3.58. The van der Waals surface area contributed by atoms with Crippen LogP contribution in [0.1, 0.15) is 25.3 Å².